The van der Waals surface area contributed by atoms with Gasteiger partial charge in [-0.1, -0.05) is 28.1 Å². The topological polar surface area (TPSA) is 29.1 Å². The molecule has 0 radical (unpaired) electrons. The first-order valence-corrected chi connectivity index (χ1v) is 7.49. The maximum atomic E-state index is 11.7. The van der Waals surface area contributed by atoms with E-state index in [9.17, 15) is 4.79 Å². The Morgan fingerprint density at radius 3 is 2.89 bits per heavy atom. The fraction of sp³-hybridized carbons (Fsp3) is 0.214. The molecule has 94 valence electrons. The van der Waals surface area contributed by atoms with Crippen molar-refractivity contribution in [2.45, 2.75) is 19.3 Å². The molecular weight excluding hydrogens is 310 g/mol. The Balaban J connectivity index is 1.75. The van der Waals surface area contributed by atoms with Crippen LogP contribution < -0.4 is 5.32 Å². The fourth-order valence-corrected chi connectivity index (χ4v) is 2.82. The Kier molecular flexibility index (Phi) is 4.96. The molecule has 1 amide bonds. The summed E-state index contributed by atoms with van der Waals surface area (Å²) >= 11 is 5.12. The van der Waals surface area contributed by atoms with E-state index in [0.717, 1.165) is 23.0 Å². The zero-order chi connectivity index (χ0) is 12.8. The molecule has 0 saturated heterocycles. The first-order valence-electron chi connectivity index (χ1n) is 5.82. The molecule has 0 aliphatic rings. The number of anilines is 1. The lowest BCUT2D eigenvalue weighted by Crippen LogP contribution is -2.11. The van der Waals surface area contributed by atoms with E-state index >= 15 is 0 Å². The minimum absolute atomic E-state index is 0.0738. The number of amides is 1. The van der Waals surface area contributed by atoms with Gasteiger partial charge in [-0.05, 0) is 42.5 Å². The van der Waals surface area contributed by atoms with Gasteiger partial charge in [0.25, 0.3) is 0 Å². The number of carbonyl (C=O) groups excluding carboxylic acids is 1. The number of aryl methyl sites for hydroxylation is 1. The molecule has 2 nitrogen and oxygen atoms in total. The van der Waals surface area contributed by atoms with Crippen LogP contribution in [0.15, 0.2) is 46.3 Å². The van der Waals surface area contributed by atoms with Crippen molar-refractivity contribution in [3.05, 3.63) is 51.1 Å². The summed E-state index contributed by atoms with van der Waals surface area (Å²) < 4.78 is 0.971. The summed E-state index contributed by atoms with van der Waals surface area (Å²) in [6.45, 7) is 0. The van der Waals surface area contributed by atoms with Crippen molar-refractivity contribution in [2.75, 3.05) is 5.32 Å². The zero-order valence-electron chi connectivity index (χ0n) is 9.86. The van der Waals surface area contributed by atoms with Crippen LogP contribution >= 0.6 is 27.3 Å². The van der Waals surface area contributed by atoms with Gasteiger partial charge >= 0.3 is 0 Å². The van der Waals surface area contributed by atoms with Gasteiger partial charge in [0.2, 0.25) is 5.91 Å². The lowest BCUT2D eigenvalue weighted by atomic mass is 10.2. The molecule has 1 N–H and O–H groups in total. The molecule has 0 spiro atoms. The van der Waals surface area contributed by atoms with Gasteiger partial charge in [0.05, 0.1) is 0 Å². The predicted molar refractivity (Wildman–Crippen MR) is 80.0 cm³/mol. The maximum absolute atomic E-state index is 11.7. The van der Waals surface area contributed by atoms with Crippen LogP contribution in [0.4, 0.5) is 5.69 Å². The largest absolute Gasteiger partial charge is 0.326 e. The molecule has 4 heteroatoms. The Morgan fingerprint density at radius 2 is 2.17 bits per heavy atom. The quantitative estimate of drug-likeness (QED) is 0.864. The third kappa shape index (κ3) is 4.27. The minimum atomic E-state index is 0.0738. The first kappa shape index (κ1) is 13.3. The molecule has 0 bridgehead atoms. The lowest BCUT2D eigenvalue weighted by Gasteiger charge is -2.05. The molecular formula is C14H14BrNOS. The van der Waals surface area contributed by atoms with E-state index < -0.39 is 0 Å². The van der Waals surface area contributed by atoms with Gasteiger partial charge in [-0.25, -0.2) is 0 Å². The SMILES string of the molecule is O=C(CCCc1cccs1)Nc1cccc(Br)c1. The molecule has 1 aromatic heterocycles. The summed E-state index contributed by atoms with van der Waals surface area (Å²) in [5.41, 5.74) is 0.838. The number of rotatable bonds is 5. The third-order valence-corrected chi connectivity index (χ3v) is 3.94. The normalized spacial score (nSPS) is 10.3. The van der Waals surface area contributed by atoms with Crippen molar-refractivity contribution in [1.82, 2.24) is 0 Å². The van der Waals surface area contributed by atoms with Crippen molar-refractivity contribution in [2.24, 2.45) is 0 Å². The number of halogens is 1. The van der Waals surface area contributed by atoms with Crippen LogP contribution in [-0.4, -0.2) is 5.91 Å². The van der Waals surface area contributed by atoms with Crippen LogP contribution in [0.1, 0.15) is 17.7 Å². The van der Waals surface area contributed by atoms with Crippen molar-refractivity contribution in [3.8, 4) is 0 Å². The summed E-state index contributed by atoms with van der Waals surface area (Å²) in [6, 6.07) is 11.8. The molecule has 0 unspecified atom stereocenters. The summed E-state index contributed by atoms with van der Waals surface area (Å²) in [5.74, 6) is 0.0738. The highest BCUT2D eigenvalue weighted by Crippen LogP contribution is 2.16. The van der Waals surface area contributed by atoms with E-state index in [1.165, 1.54) is 4.88 Å². The van der Waals surface area contributed by atoms with E-state index in [1.807, 2.05) is 30.3 Å². The van der Waals surface area contributed by atoms with Crippen molar-refractivity contribution < 1.29 is 4.79 Å². The van der Waals surface area contributed by atoms with Crippen LogP contribution in [0.25, 0.3) is 0 Å². The molecule has 18 heavy (non-hydrogen) atoms. The smallest absolute Gasteiger partial charge is 0.224 e. The number of benzene rings is 1. The van der Waals surface area contributed by atoms with E-state index in [-0.39, 0.29) is 5.91 Å². The highest BCUT2D eigenvalue weighted by atomic mass is 79.9. The monoisotopic (exact) mass is 323 g/mol. The second kappa shape index (κ2) is 6.71. The van der Waals surface area contributed by atoms with Crippen LogP contribution in [0.2, 0.25) is 0 Å². The Morgan fingerprint density at radius 1 is 1.28 bits per heavy atom. The molecule has 2 rings (SSSR count). The summed E-state index contributed by atoms with van der Waals surface area (Å²) in [6.07, 6.45) is 2.42. The molecule has 2 aromatic rings. The average Bonchev–Trinajstić information content (AvgIpc) is 2.82. The molecule has 0 aliphatic heterocycles. The van der Waals surface area contributed by atoms with E-state index in [4.69, 9.17) is 0 Å². The standard InChI is InChI=1S/C14H14BrNOS/c15-11-4-1-5-12(10-11)16-14(17)8-2-6-13-7-3-9-18-13/h1,3-5,7,9-10H,2,6,8H2,(H,16,17). The number of hydrogen-bond acceptors (Lipinski definition) is 2. The molecule has 0 atom stereocenters. The summed E-state index contributed by atoms with van der Waals surface area (Å²) in [4.78, 5) is 13.1. The van der Waals surface area contributed by atoms with Gasteiger partial charge in [-0.15, -0.1) is 11.3 Å². The van der Waals surface area contributed by atoms with Crippen molar-refractivity contribution >= 4 is 38.9 Å². The van der Waals surface area contributed by atoms with Gasteiger partial charge in [0, 0.05) is 21.5 Å². The van der Waals surface area contributed by atoms with Crippen molar-refractivity contribution in [3.63, 3.8) is 0 Å². The Hall–Kier alpha value is -1.13. The van der Waals surface area contributed by atoms with Crippen LogP contribution in [0.5, 0.6) is 0 Å². The van der Waals surface area contributed by atoms with Gasteiger partial charge < -0.3 is 5.32 Å². The van der Waals surface area contributed by atoms with Gasteiger partial charge in [-0.3, -0.25) is 4.79 Å². The predicted octanol–water partition coefficient (Wildman–Crippen LogP) is 4.47. The van der Waals surface area contributed by atoms with Crippen LogP contribution in [-0.2, 0) is 11.2 Å². The summed E-state index contributed by atoms with van der Waals surface area (Å²) in [5, 5.41) is 4.96. The molecule has 0 aliphatic carbocycles. The highest BCUT2D eigenvalue weighted by molar-refractivity contribution is 9.10. The maximum Gasteiger partial charge on any atom is 0.224 e. The zero-order valence-corrected chi connectivity index (χ0v) is 12.3. The highest BCUT2D eigenvalue weighted by Gasteiger charge is 2.03. The van der Waals surface area contributed by atoms with Gasteiger partial charge in [0.15, 0.2) is 0 Å². The number of thiophene rings is 1. The van der Waals surface area contributed by atoms with Crippen LogP contribution in [0.3, 0.4) is 0 Å². The molecule has 1 aromatic carbocycles. The Labute approximate surface area is 119 Å². The lowest BCUT2D eigenvalue weighted by molar-refractivity contribution is -0.116. The molecule has 0 fully saturated rings. The Bertz CT molecular complexity index is 510. The van der Waals surface area contributed by atoms with E-state index in [1.54, 1.807) is 11.3 Å². The number of hydrogen-bond donors (Lipinski definition) is 1. The average molecular weight is 324 g/mol. The van der Waals surface area contributed by atoms with Crippen LogP contribution in [0, 0.1) is 0 Å². The fourth-order valence-electron chi connectivity index (χ4n) is 1.67. The van der Waals surface area contributed by atoms with Gasteiger partial charge in [0.1, 0.15) is 0 Å². The van der Waals surface area contributed by atoms with E-state index in [2.05, 4.69) is 32.7 Å². The summed E-state index contributed by atoms with van der Waals surface area (Å²) in [7, 11) is 0. The van der Waals surface area contributed by atoms with Gasteiger partial charge in [-0.2, -0.15) is 0 Å². The van der Waals surface area contributed by atoms with Crippen molar-refractivity contribution in [1.29, 1.82) is 0 Å². The first-order chi connectivity index (χ1) is 8.74. The molecule has 0 saturated carbocycles. The number of carbonyl (C=O) groups is 1. The number of nitrogens with one attached hydrogen (secondary N) is 1. The second-order valence-corrected chi connectivity index (χ2v) is 5.94. The van der Waals surface area contributed by atoms with E-state index in [0.29, 0.717) is 6.42 Å². The molecule has 1 heterocycles. The second-order valence-electron chi connectivity index (χ2n) is 3.99. The third-order valence-electron chi connectivity index (χ3n) is 2.52. The minimum Gasteiger partial charge on any atom is -0.326 e.